The fraction of sp³-hybridized carbons (Fsp3) is 0.571. The van der Waals surface area contributed by atoms with Gasteiger partial charge in [0.1, 0.15) is 11.1 Å². The molecule has 0 unspecified atom stereocenters. The van der Waals surface area contributed by atoms with Crippen LogP contribution in [0.4, 0.5) is 8.78 Å². The Balaban J connectivity index is 2.27. The highest BCUT2D eigenvalue weighted by molar-refractivity contribution is 7.10. The van der Waals surface area contributed by atoms with Gasteiger partial charge in [-0.05, 0) is 24.3 Å². The van der Waals surface area contributed by atoms with E-state index in [0.717, 1.165) is 11.3 Å². The molecule has 0 aromatic carbocycles. The van der Waals surface area contributed by atoms with Gasteiger partial charge in [-0.15, -0.1) is 11.3 Å². The van der Waals surface area contributed by atoms with Crippen molar-refractivity contribution in [3.05, 3.63) is 21.7 Å². The van der Waals surface area contributed by atoms with Crippen LogP contribution in [0.3, 0.4) is 0 Å². The number of hydrogen-bond donors (Lipinski definition) is 0. The lowest BCUT2D eigenvalue weighted by Gasteiger charge is -2.23. The molecular formula is C14H16F2N2S. The highest BCUT2D eigenvalue weighted by Crippen LogP contribution is 2.39. The van der Waals surface area contributed by atoms with Gasteiger partial charge in [-0.2, -0.15) is 5.26 Å². The third kappa shape index (κ3) is 3.19. The monoisotopic (exact) mass is 282 g/mol. The largest absolute Gasteiger partial charge is 0.248 e. The SMILES string of the molecule is CC(C)c1csc(C(C#N)=C2CCC(F)(F)CC2)n1. The molecule has 0 spiro atoms. The molecule has 102 valence electrons. The third-order valence-electron chi connectivity index (χ3n) is 3.38. The Morgan fingerprint density at radius 2 is 2.05 bits per heavy atom. The summed E-state index contributed by atoms with van der Waals surface area (Å²) in [5.74, 6) is -2.26. The first-order valence-corrected chi connectivity index (χ1v) is 7.26. The molecule has 1 aromatic rings. The molecule has 0 N–H and O–H groups in total. The second-order valence-electron chi connectivity index (χ2n) is 5.18. The Hall–Kier alpha value is -1.28. The number of allylic oxidation sites excluding steroid dienone is 2. The van der Waals surface area contributed by atoms with Crippen LogP contribution in [0, 0.1) is 11.3 Å². The molecule has 0 bridgehead atoms. The molecule has 1 aliphatic carbocycles. The van der Waals surface area contributed by atoms with Gasteiger partial charge >= 0.3 is 0 Å². The highest BCUT2D eigenvalue weighted by atomic mass is 32.1. The van der Waals surface area contributed by atoms with Crippen molar-refractivity contribution in [2.75, 3.05) is 0 Å². The first-order valence-electron chi connectivity index (χ1n) is 6.38. The topological polar surface area (TPSA) is 36.7 Å². The summed E-state index contributed by atoms with van der Waals surface area (Å²) >= 11 is 1.43. The van der Waals surface area contributed by atoms with E-state index >= 15 is 0 Å². The number of hydrogen-bond acceptors (Lipinski definition) is 3. The van der Waals surface area contributed by atoms with Crippen LogP contribution in [0.1, 0.15) is 56.2 Å². The lowest BCUT2D eigenvalue weighted by Crippen LogP contribution is -2.21. The molecule has 0 radical (unpaired) electrons. The van der Waals surface area contributed by atoms with Crippen LogP contribution in [-0.4, -0.2) is 10.9 Å². The molecule has 0 aliphatic heterocycles. The zero-order valence-electron chi connectivity index (χ0n) is 11.0. The van der Waals surface area contributed by atoms with Gasteiger partial charge in [-0.3, -0.25) is 0 Å². The highest BCUT2D eigenvalue weighted by Gasteiger charge is 2.34. The zero-order chi connectivity index (χ0) is 14.0. The third-order valence-corrected chi connectivity index (χ3v) is 4.26. The maximum absolute atomic E-state index is 13.1. The summed E-state index contributed by atoms with van der Waals surface area (Å²) in [6, 6.07) is 2.15. The number of thiazole rings is 1. The van der Waals surface area contributed by atoms with E-state index in [1.165, 1.54) is 11.3 Å². The normalized spacial score (nSPS) is 18.4. The lowest BCUT2D eigenvalue weighted by molar-refractivity contribution is -0.0244. The minimum Gasteiger partial charge on any atom is -0.240 e. The van der Waals surface area contributed by atoms with E-state index in [2.05, 4.69) is 11.1 Å². The van der Waals surface area contributed by atoms with Crippen LogP contribution in [0.2, 0.25) is 0 Å². The maximum atomic E-state index is 13.1. The molecule has 19 heavy (non-hydrogen) atoms. The molecule has 2 rings (SSSR count). The number of halogens is 2. The minimum absolute atomic E-state index is 0.157. The average molecular weight is 282 g/mol. The second-order valence-corrected chi connectivity index (χ2v) is 6.04. The zero-order valence-corrected chi connectivity index (χ0v) is 11.9. The van der Waals surface area contributed by atoms with E-state index in [9.17, 15) is 14.0 Å². The molecular weight excluding hydrogens is 266 g/mol. The Labute approximate surface area is 115 Å². The molecule has 0 amide bonds. The number of nitriles is 1. The summed E-state index contributed by atoms with van der Waals surface area (Å²) in [7, 11) is 0. The Bertz CT molecular complexity index is 526. The molecule has 2 nitrogen and oxygen atoms in total. The van der Waals surface area contributed by atoms with Crippen LogP contribution < -0.4 is 0 Å². The maximum Gasteiger partial charge on any atom is 0.248 e. The van der Waals surface area contributed by atoms with Gasteiger partial charge in [0.05, 0.1) is 11.3 Å². The van der Waals surface area contributed by atoms with Crippen LogP contribution in [-0.2, 0) is 0 Å². The molecule has 0 saturated heterocycles. The van der Waals surface area contributed by atoms with Crippen molar-refractivity contribution >= 4 is 16.9 Å². The molecule has 0 atom stereocenters. The van der Waals surface area contributed by atoms with E-state index in [1.54, 1.807) is 0 Å². The van der Waals surface area contributed by atoms with Gasteiger partial charge in [0, 0.05) is 18.2 Å². The molecule has 1 fully saturated rings. The van der Waals surface area contributed by atoms with E-state index in [1.807, 2.05) is 19.2 Å². The van der Waals surface area contributed by atoms with Crippen LogP contribution in [0.15, 0.2) is 11.0 Å². The van der Waals surface area contributed by atoms with Crippen molar-refractivity contribution in [3.63, 3.8) is 0 Å². The van der Waals surface area contributed by atoms with Gasteiger partial charge in [-0.1, -0.05) is 13.8 Å². The standard InChI is InChI=1S/C14H16F2N2S/c1-9(2)12-8-19-13(18-12)11(7-17)10-3-5-14(15,16)6-4-10/h8-9H,3-6H2,1-2H3. The van der Waals surface area contributed by atoms with Gasteiger partial charge < -0.3 is 0 Å². The summed E-state index contributed by atoms with van der Waals surface area (Å²) in [4.78, 5) is 4.44. The number of alkyl halides is 2. The molecule has 1 saturated carbocycles. The van der Waals surface area contributed by atoms with E-state index in [0.29, 0.717) is 29.3 Å². The van der Waals surface area contributed by atoms with Crippen LogP contribution in [0.5, 0.6) is 0 Å². The van der Waals surface area contributed by atoms with Crippen molar-refractivity contribution in [2.45, 2.75) is 51.4 Å². The first kappa shape index (κ1) is 14.1. The van der Waals surface area contributed by atoms with Crippen molar-refractivity contribution < 1.29 is 8.78 Å². The Morgan fingerprint density at radius 3 is 2.53 bits per heavy atom. The van der Waals surface area contributed by atoms with E-state index < -0.39 is 5.92 Å². The molecule has 1 aliphatic rings. The van der Waals surface area contributed by atoms with Gasteiger partial charge in [0.2, 0.25) is 5.92 Å². The number of rotatable bonds is 2. The predicted molar refractivity (Wildman–Crippen MR) is 72.2 cm³/mol. The number of nitrogens with zero attached hydrogens (tertiary/aromatic N) is 2. The van der Waals surface area contributed by atoms with Crippen molar-refractivity contribution in [1.29, 1.82) is 5.26 Å². The van der Waals surface area contributed by atoms with Crippen LogP contribution in [0.25, 0.3) is 5.57 Å². The average Bonchev–Trinajstić information content (AvgIpc) is 2.82. The predicted octanol–water partition coefficient (Wildman–Crippen LogP) is 4.75. The minimum atomic E-state index is -2.57. The molecule has 1 heterocycles. The fourth-order valence-corrected chi connectivity index (χ4v) is 3.13. The van der Waals surface area contributed by atoms with Crippen molar-refractivity contribution in [3.8, 4) is 6.07 Å². The summed E-state index contributed by atoms with van der Waals surface area (Å²) in [6.07, 6.45) is 0.283. The van der Waals surface area contributed by atoms with Gasteiger partial charge in [-0.25, -0.2) is 13.8 Å². The summed E-state index contributed by atoms with van der Waals surface area (Å²) < 4.78 is 26.3. The van der Waals surface area contributed by atoms with E-state index in [4.69, 9.17) is 0 Å². The smallest absolute Gasteiger partial charge is 0.240 e. The lowest BCUT2D eigenvalue weighted by atomic mass is 9.89. The molecule has 5 heteroatoms. The first-order chi connectivity index (χ1) is 8.93. The summed E-state index contributed by atoms with van der Waals surface area (Å²) in [6.45, 7) is 4.08. The van der Waals surface area contributed by atoms with Crippen molar-refractivity contribution in [2.24, 2.45) is 0 Å². The van der Waals surface area contributed by atoms with Crippen LogP contribution >= 0.6 is 11.3 Å². The van der Waals surface area contributed by atoms with Gasteiger partial charge in [0.25, 0.3) is 0 Å². The second kappa shape index (κ2) is 5.38. The summed E-state index contributed by atoms with van der Waals surface area (Å²) in [5, 5.41) is 11.9. The quantitative estimate of drug-likeness (QED) is 0.734. The molecule has 1 aromatic heterocycles. The Kier molecular flexibility index (Phi) is 4.00. The fourth-order valence-electron chi connectivity index (χ4n) is 2.11. The summed E-state index contributed by atoms with van der Waals surface area (Å²) in [5.41, 5.74) is 2.29. The Morgan fingerprint density at radius 1 is 1.42 bits per heavy atom. The number of aromatic nitrogens is 1. The van der Waals surface area contributed by atoms with Gasteiger partial charge in [0.15, 0.2) is 0 Å². The van der Waals surface area contributed by atoms with E-state index in [-0.39, 0.29) is 12.8 Å². The van der Waals surface area contributed by atoms with Crippen molar-refractivity contribution in [1.82, 2.24) is 4.98 Å².